The molecule has 0 unspecified atom stereocenters. The van der Waals surface area contributed by atoms with Crippen molar-refractivity contribution in [3.8, 4) is 22.3 Å². The number of nitrogens with one attached hydrogen (secondary N) is 3. The van der Waals surface area contributed by atoms with E-state index in [1.807, 2.05) is 92.6 Å². The van der Waals surface area contributed by atoms with E-state index in [9.17, 15) is 28.0 Å². The molecule has 3 atom stereocenters. The maximum Gasteiger partial charge on any atom is 0.410 e. The van der Waals surface area contributed by atoms with Crippen molar-refractivity contribution in [2.75, 3.05) is 52.8 Å². The Morgan fingerprint density at radius 3 is 1.69 bits per heavy atom. The van der Waals surface area contributed by atoms with Gasteiger partial charge in [-0.05, 0) is 136 Å². The van der Waals surface area contributed by atoms with Gasteiger partial charge in [0.05, 0.1) is 34.1 Å². The fourth-order valence-corrected chi connectivity index (χ4v) is 8.86. The molecule has 3 saturated heterocycles. The highest BCUT2D eigenvalue weighted by Gasteiger charge is 2.38. The third kappa shape index (κ3) is 12.0. The maximum absolute atomic E-state index is 14.0. The molecule has 3 aliphatic heterocycles. The molecule has 3 aromatic carbocycles. The fraction of sp³-hybridized carbons (Fsp3) is 0.451. The number of carbonyl (C=O) groups is 4. The van der Waals surface area contributed by atoms with Gasteiger partial charge in [-0.2, -0.15) is 0 Å². The molecule has 5 aromatic rings. The minimum atomic E-state index is -1.10. The molecule has 0 bridgehead atoms. The maximum atomic E-state index is 14.0. The Bertz CT molecular complexity index is 2720. The SMILES string of the molecule is Cc1noc(C)c1-c1ccc(N[C@@H]2CCN(C(=O)OC(C)(C)C)C2)c(N)c1.Cc1noc(C)c1-c1ccc(N[C@@H]2CCN(C(=O)OC(C)(C)C)C2)c(NC(=O)[C@@H]2CCC(=O)N2c2ccc(F)c(F)c2)c1. The first kappa shape index (κ1) is 50.7. The molecule has 8 rings (SSSR count). The van der Waals surface area contributed by atoms with E-state index in [1.54, 1.807) is 22.8 Å². The molecule has 19 heteroatoms. The van der Waals surface area contributed by atoms with Crippen LogP contribution in [0.5, 0.6) is 0 Å². The summed E-state index contributed by atoms with van der Waals surface area (Å²) in [6, 6.07) is 13.6. The lowest BCUT2D eigenvalue weighted by Crippen LogP contribution is -2.42. The van der Waals surface area contributed by atoms with E-state index in [0.29, 0.717) is 61.1 Å². The number of rotatable bonds is 9. The Hall–Kier alpha value is -7.18. The monoisotopic (exact) mass is 967 g/mol. The Balaban J connectivity index is 0.000000229. The number of ether oxygens (including phenoxy) is 2. The Morgan fingerprint density at radius 1 is 0.686 bits per heavy atom. The van der Waals surface area contributed by atoms with Crippen LogP contribution in [0, 0.1) is 39.3 Å². The average Bonchev–Trinajstić information content (AvgIpc) is 4.13. The molecule has 5 N–H and O–H groups in total. The minimum Gasteiger partial charge on any atom is -0.444 e. The number of aromatic nitrogens is 2. The number of benzene rings is 3. The zero-order valence-electron chi connectivity index (χ0n) is 41.4. The lowest BCUT2D eigenvalue weighted by molar-refractivity contribution is -0.120. The van der Waals surface area contributed by atoms with E-state index < -0.39 is 34.8 Å². The number of nitrogen functional groups attached to an aromatic ring is 1. The summed E-state index contributed by atoms with van der Waals surface area (Å²) >= 11 is 0. The van der Waals surface area contributed by atoms with Crippen LogP contribution in [0.2, 0.25) is 0 Å². The van der Waals surface area contributed by atoms with Crippen molar-refractivity contribution in [1.82, 2.24) is 20.1 Å². The summed E-state index contributed by atoms with van der Waals surface area (Å²) in [5.74, 6) is -1.59. The van der Waals surface area contributed by atoms with E-state index in [2.05, 4.69) is 26.3 Å². The molecule has 0 aliphatic carbocycles. The van der Waals surface area contributed by atoms with Gasteiger partial charge in [-0.25, -0.2) is 18.4 Å². The standard InChI is InChI=1S/C31H35F2N5O5.C20H28N4O3/c1-17-28(18(2)43-36-17)19-6-9-24(34-20-12-13-37(16-20)30(41)42-31(3,4)5)25(14-19)35-29(40)26-10-11-27(39)38(26)21-7-8-22(32)23(33)15-21;1-12-18(13(2)27-23-12)14-6-7-17(16(21)10-14)22-15-8-9-24(11-15)19(25)26-20(3,4)5/h6-9,14-15,20,26,34H,10-13,16H2,1-5H3,(H,35,40);6-7,10,15,22H,8-9,11,21H2,1-5H3/t20-,26+;15-/m11/s1. The minimum absolute atomic E-state index is 0.0872. The van der Waals surface area contributed by atoms with Crippen LogP contribution in [-0.4, -0.2) is 99.6 Å². The Labute approximate surface area is 406 Å². The summed E-state index contributed by atoms with van der Waals surface area (Å²) in [6.07, 6.45) is 1.16. The number of aryl methyl sites for hydroxylation is 4. The summed E-state index contributed by atoms with van der Waals surface area (Å²) in [7, 11) is 0. The van der Waals surface area contributed by atoms with E-state index in [1.165, 1.54) is 11.0 Å². The predicted octanol–water partition coefficient (Wildman–Crippen LogP) is 9.75. The third-order valence-corrected chi connectivity index (χ3v) is 12.1. The molecule has 374 valence electrons. The first-order valence-corrected chi connectivity index (χ1v) is 23.4. The van der Waals surface area contributed by atoms with Crippen LogP contribution < -0.4 is 26.6 Å². The van der Waals surface area contributed by atoms with Gasteiger partial charge in [0.25, 0.3) is 0 Å². The molecule has 0 saturated carbocycles. The van der Waals surface area contributed by atoms with E-state index in [-0.39, 0.29) is 48.7 Å². The summed E-state index contributed by atoms with van der Waals surface area (Å²) in [6.45, 7) is 20.7. The average molecular weight is 968 g/mol. The number of likely N-dealkylation sites (tertiary alicyclic amines) is 2. The van der Waals surface area contributed by atoms with Crippen LogP contribution >= 0.6 is 0 Å². The van der Waals surface area contributed by atoms with Gasteiger partial charge in [0.2, 0.25) is 11.8 Å². The Morgan fingerprint density at radius 2 is 1.20 bits per heavy atom. The second-order valence-corrected chi connectivity index (χ2v) is 20.0. The lowest BCUT2D eigenvalue weighted by Gasteiger charge is -2.26. The van der Waals surface area contributed by atoms with E-state index in [4.69, 9.17) is 24.3 Å². The lowest BCUT2D eigenvalue weighted by atomic mass is 10.0. The highest BCUT2D eigenvalue weighted by Crippen LogP contribution is 2.36. The van der Waals surface area contributed by atoms with Gasteiger partial charge in [0, 0.05) is 67.6 Å². The number of carbonyl (C=O) groups excluding carboxylic acids is 4. The zero-order chi connectivity index (χ0) is 50.8. The summed E-state index contributed by atoms with van der Waals surface area (Å²) in [5, 5.41) is 17.9. The molecule has 3 aliphatic rings. The number of nitrogens with zero attached hydrogens (tertiary/aromatic N) is 5. The highest BCUT2D eigenvalue weighted by atomic mass is 19.2. The fourth-order valence-electron chi connectivity index (χ4n) is 8.86. The van der Waals surface area contributed by atoms with Crippen LogP contribution in [-0.2, 0) is 19.1 Å². The number of hydrogen-bond donors (Lipinski definition) is 4. The van der Waals surface area contributed by atoms with Crippen LogP contribution in [0.25, 0.3) is 22.3 Å². The quantitative estimate of drug-likeness (QED) is 0.102. The molecular formula is C51H63F2N9O8. The second-order valence-electron chi connectivity index (χ2n) is 20.0. The molecule has 0 radical (unpaired) electrons. The first-order valence-electron chi connectivity index (χ1n) is 23.4. The first-order chi connectivity index (χ1) is 32.9. The van der Waals surface area contributed by atoms with Crippen molar-refractivity contribution in [2.45, 2.75) is 124 Å². The summed E-state index contributed by atoms with van der Waals surface area (Å²) in [4.78, 5) is 55.8. The van der Waals surface area contributed by atoms with Crippen molar-refractivity contribution < 1.29 is 46.5 Å². The van der Waals surface area contributed by atoms with Crippen molar-refractivity contribution >= 4 is 52.4 Å². The zero-order valence-corrected chi connectivity index (χ0v) is 41.4. The van der Waals surface area contributed by atoms with Gasteiger partial charge >= 0.3 is 12.2 Å². The molecule has 5 heterocycles. The van der Waals surface area contributed by atoms with Gasteiger partial charge in [-0.1, -0.05) is 22.4 Å². The molecule has 2 aromatic heterocycles. The van der Waals surface area contributed by atoms with Crippen LogP contribution in [0.1, 0.15) is 90.1 Å². The van der Waals surface area contributed by atoms with Gasteiger partial charge < -0.3 is 50.0 Å². The molecule has 4 amide bonds. The molecule has 17 nitrogen and oxygen atoms in total. The highest BCUT2D eigenvalue weighted by molar-refractivity contribution is 6.08. The van der Waals surface area contributed by atoms with Crippen molar-refractivity contribution in [3.63, 3.8) is 0 Å². The number of nitrogens with two attached hydrogens (primary N) is 1. The molecule has 70 heavy (non-hydrogen) atoms. The normalized spacial score (nSPS) is 18.1. The Kier molecular flexibility index (Phi) is 14.8. The number of amides is 4. The van der Waals surface area contributed by atoms with Gasteiger partial charge in [0.1, 0.15) is 28.8 Å². The number of anilines is 5. The predicted molar refractivity (Wildman–Crippen MR) is 262 cm³/mol. The topological polar surface area (TPSA) is 211 Å². The summed E-state index contributed by atoms with van der Waals surface area (Å²) < 4.78 is 49.1. The molecule has 0 spiro atoms. The van der Waals surface area contributed by atoms with Crippen LogP contribution in [0.15, 0.2) is 63.6 Å². The van der Waals surface area contributed by atoms with Crippen molar-refractivity contribution in [3.05, 3.63) is 89.1 Å². The number of hydrogen-bond acceptors (Lipinski definition) is 13. The van der Waals surface area contributed by atoms with Gasteiger partial charge in [0.15, 0.2) is 11.6 Å². The van der Waals surface area contributed by atoms with Gasteiger partial charge in [-0.3, -0.25) is 14.5 Å². The second kappa shape index (κ2) is 20.4. The van der Waals surface area contributed by atoms with Gasteiger partial charge in [-0.15, -0.1) is 0 Å². The smallest absolute Gasteiger partial charge is 0.410 e. The molecule has 3 fully saturated rings. The number of halogens is 2. The van der Waals surface area contributed by atoms with E-state index in [0.717, 1.165) is 57.9 Å². The van der Waals surface area contributed by atoms with Crippen LogP contribution in [0.4, 0.5) is 46.8 Å². The van der Waals surface area contributed by atoms with Crippen molar-refractivity contribution in [1.29, 1.82) is 0 Å². The molecular weight excluding hydrogens is 905 g/mol. The summed E-state index contributed by atoms with van der Waals surface area (Å²) in [5.41, 5.74) is 12.9. The van der Waals surface area contributed by atoms with Crippen molar-refractivity contribution in [2.24, 2.45) is 0 Å². The van der Waals surface area contributed by atoms with E-state index >= 15 is 0 Å². The largest absolute Gasteiger partial charge is 0.444 e. The van der Waals surface area contributed by atoms with Crippen LogP contribution in [0.3, 0.4) is 0 Å². The third-order valence-electron chi connectivity index (χ3n) is 12.1.